The van der Waals surface area contributed by atoms with Crippen molar-refractivity contribution in [1.29, 1.82) is 0 Å². The number of carbonyl (C=O) groups excluding carboxylic acids is 2. The molecule has 0 atom stereocenters. The summed E-state index contributed by atoms with van der Waals surface area (Å²) in [7, 11) is -0.969. The molecule has 2 aromatic carbocycles. The Balaban J connectivity index is 1.92. The van der Waals surface area contributed by atoms with Crippen molar-refractivity contribution in [1.82, 2.24) is 4.72 Å². The van der Waals surface area contributed by atoms with Crippen LogP contribution in [-0.4, -0.2) is 47.5 Å². The molecule has 0 saturated carbocycles. The quantitative estimate of drug-likeness (QED) is 0.498. The van der Waals surface area contributed by atoms with E-state index in [9.17, 15) is 18.0 Å². The van der Waals surface area contributed by atoms with Gasteiger partial charge in [-0.15, -0.1) is 0 Å². The zero-order valence-electron chi connectivity index (χ0n) is 15.7. The maximum Gasteiger partial charge on any atom is 0.321 e. The summed E-state index contributed by atoms with van der Waals surface area (Å²) in [6, 6.07) is 10.8. The van der Waals surface area contributed by atoms with Crippen molar-refractivity contribution in [2.45, 2.75) is 11.8 Å². The molecule has 0 heterocycles. The van der Waals surface area contributed by atoms with E-state index in [0.717, 1.165) is 5.56 Å². The minimum atomic E-state index is -3.85. The number of benzene rings is 2. The van der Waals surface area contributed by atoms with E-state index in [1.54, 1.807) is 18.2 Å². The Bertz CT molecular complexity index is 953. The largest absolute Gasteiger partial charge is 0.497 e. The molecule has 0 aromatic heterocycles. The first-order valence-corrected chi connectivity index (χ1v) is 9.72. The fraction of sp³-hybridized carbons (Fsp3) is 0.263. The first-order valence-electron chi connectivity index (χ1n) is 8.24. The van der Waals surface area contributed by atoms with Gasteiger partial charge in [-0.25, -0.2) is 8.42 Å². The van der Waals surface area contributed by atoms with Gasteiger partial charge >= 0.3 is 5.97 Å². The first kappa shape index (κ1) is 21.4. The third-order valence-electron chi connectivity index (χ3n) is 3.81. The number of hydrogen-bond donors (Lipinski definition) is 1. The highest BCUT2D eigenvalue weighted by Gasteiger charge is 2.18. The van der Waals surface area contributed by atoms with Crippen molar-refractivity contribution >= 4 is 21.8 Å². The average Bonchev–Trinajstić information content (AvgIpc) is 2.70. The number of rotatable bonds is 9. The molecule has 0 aliphatic heterocycles. The van der Waals surface area contributed by atoms with Gasteiger partial charge in [-0.05, 0) is 31.2 Å². The van der Waals surface area contributed by atoms with Gasteiger partial charge in [-0.1, -0.05) is 17.7 Å². The molecule has 0 radical (unpaired) electrons. The minimum absolute atomic E-state index is 0.0324. The Kier molecular flexibility index (Phi) is 7.13. The molecule has 0 saturated heterocycles. The number of aryl methyl sites for hydroxylation is 1. The Labute approximate surface area is 163 Å². The molecule has 0 aliphatic carbocycles. The van der Waals surface area contributed by atoms with E-state index in [1.165, 1.54) is 38.5 Å². The van der Waals surface area contributed by atoms with Crippen molar-refractivity contribution in [2.75, 3.05) is 27.4 Å². The van der Waals surface area contributed by atoms with Crippen LogP contribution in [0.15, 0.2) is 47.4 Å². The van der Waals surface area contributed by atoms with E-state index in [2.05, 4.69) is 4.72 Å². The van der Waals surface area contributed by atoms with Gasteiger partial charge in [0.2, 0.25) is 15.8 Å². The van der Waals surface area contributed by atoms with Gasteiger partial charge in [-0.2, -0.15) is 4.72 Å². The van der Waals surface area contributed by atoms with E-state index >= 15 is 0 Å². The highest BCUT2D eigenvalue weighted by Crippen LogP contribution is 2.25. The minimum Gasteiger partial charge on any atom is -0.497 e. The second-order valence-electron chi connectivity index (χ2n) is 5.79. The molecular weight excluding hydrogens is 386 g/mol. The van der Waals surface area contributed by atoms with Crippen LogP contribution in [0.4, 0.5) is 0 Å². The monoisotopic (exact) mass is 407 g/mol. The second-order valence-corrected chi connectivity index (χ2v) is 7.55. The number of Topliss-reactive ketones (excluding diaryl/α,β-unsaturated/α-hetero) is 1. The third-order valence-corrected chi connectivity index (χ3v) is 5.23. The maximum absolute atomic E-state index is 12.2. The summed E-state index contributed by atoms with van der Waals surface area (Å²) in [4.78, 5) is 24.1. The van der Waals surface area contributed by atoms with Crippen LogP contribution in [0.1, 0.15) is 15.9 Å². The van der Waals surface area contributed by atoms with E-state index in [4.69, 9.17) is 14.2 Å². The van der Waals surface area contributed by atoms with E-state index in [0.29, 0.717) is 5.75 Å². The number of nitrogens with one attached hydrogen (secondary N) is 1. The highest BCUT2D eigenvalue weighted by molar-refractivity contribution is 7.89. The van der Waals surface area contributed by atoms with Gasteiger partial charge in [-0.3, -0.25) is 9.59 Å². The molecule has 2 rings (SSSR count). The average molecular weight is 407 g/mol. The molecule has 0 bridgehead atoms. The van der Waals surface area contributed by atoms with E-state index in [1.807, 2.05) is 6.92 Å². The first-order chi connectivity index (χ1) is 13.3. The van der Waals surface area contributed by atoms with Crippen molar-refractivity contribution in [2.24, 2.45) is 0 Å². The zero-order valence-corrected chi connectivity index (χ0v) is 16.5. The van der Waals surface area contributed by atoms with Crippen LogP contribution in [0.5, 0.6) is 11.5 Å². The van der Waals surface area contributed by atoms with Gasteiger partial charge in [0.05, 0.1) is 24.7 Å². The Hall–Kier alpha value is -2.91. The van der Waals surface area contributed by atoms with Crippen molar-refractivity contribution in [3.05, 3.63) is 53.6 Å². The van der Waals surface area contributed by atoms with Crippen molar-refractivity contribution < 1.29 is 32.2 Å². The molecule has 8 nitrogen and oxygen atoms in total. The summed E-state index contributed by atoms with van der Waals surface area (Å²) >= 11 is 0. The fourth-order valence-electron chi connectivity index (χ4n) is 2.26. The summed E-state index contributed by atoms with van der Waals surface area (Å²) in [5, 5.41) is 0. The van der Waals surface area contributed by atoms with Crippen molar-refractivity contribution in [3.63, 3.8) is 0 Å². The number of ether oxygens (including phenoxy) is 3. The lowest BCUT2D eigenvalue weighted by molar-refractivity contribution is -0.141. The summed E-state index contributed by atoms with van der Waals surface area (Å²) < 4.78 is 41.5. The lowest BCUT2D eigenvalue weighted by atomic mass is 10.1. The molecule has 0 unspecified atom stereocenters. The van der Waals surface area contributed by atoms with Crippen LogP contribution in [0, 0.1) is 6.92 Å². The predicted molar refractivity (Wildman–Crippen MR) is 101 cm³/mol. The molecule has 0 amide bonds. The SMILES string of the molecule is COc1ccc(C(=O)COC(=O)CNS(=O)(=O)c2ccc(C)cc2)c(OC)c1. The van der Waals surface area contributed by atoms with Crippen LogP contribution < -0.4 is 14.2 Å². The van der Waals surface area contributed by atoms with E-state index in [-0.39, 0.29) is 16.2 Å². The van der Waals surface area contributed by atoms with Crippen LogP contribution in [0.25, 0.3) is 0 Å². The molecular formula is C19H21NO7S. The molecule has 9 heteroatoms. The smallest absolute Gasteiger partial charge is 0.321 e. The highest BCUT2D eigenvalue weighted by atomic mass is 32.2. The van der Waals surface area contributed by atoms with Crippen LogP contribution in [-0.2, 0) is 19.6 Å². The number of hydrogen-bond acceptors (Lipinski definition) is 7. The van der Waals surface area contributed by atoms with Gasteiger partial charge < -0.3 is 14.2 Å². The fourth-order valence-corrected chi connectivity index (χ4v) is 3.23. The lowest BCUT2D eigenvalue weighted by Gasteiger charge is -2.10. The van der Waals surface area contributed by atoms with Gasteiger partial charge in [0.15, 0.2) is 6.61 Å². The molecule has 2 aromatic rings. The number of carbonyl (C=O) groups is 2. The number of ketones is 1. The van der Waals surface area contributed by atoms with E-state index < -0.39 is 34.9 Å². The van der Waals surface area contributed by atoms with Crippen LogP contribution >= 0.6 is 0 Å². The number of methoxy groups -OCH3 is 2. The van der Waals surface area contributed by atoms with Gasteiger partial charge in [0.25, 0.3) is 0 Å². The lowest BCUT2D eigenvalue weighted by Crippen LogP contribution is -2.31. The summed E-state index contributed by atoms with van der Waals surface area (Å²) in [5.74, 6) is -0.581. The molecule has 0 aliphatic rings. The topological polar surface area (TPSA) is 108 Å². The summed E-state index contributed by atoms with van der Waals surface area (Å²) in [6.45, 7) is 0.688. The maximum atomic E-state index is 12.2. The Morgan fingerprint density at radius 3 is 2.29 bits per heavy atom. The van der Waals surface area contributed by atoms with Gasteiger partial charge in [0.1, 0.15) is 18.0 Å². The Morgan fingerprint density at radius 1 is 1.00 bits per heavy atom. The third kappa shape index (κ3) is 5.54. The normalized spacial score (nSPS) is 11.0. The number of esters is 1. The molecule has 0 fully saturated rings. The van der Waals surface area contributed by atoms with Crippen LogP contribution in [0.3, 0.4) is 0 Å². The van der Waals surface area contributed by atoms with Crippen LogP contribution in [0.2, 0.25) is 0 Å². The predicted octanol–water partition coefficient (Wildman–Crippen LogP) is 1.72. The zero-order chi connectivity index (χ0) is 20.7. The molecule has 1 N–H and O–H groups in total. The number of sulfonamides is 1. The molecule has 28 heavy (non-hydrogen) atoms. The van der Waals surface area contributed by atoms with Gasteiger partial charge in [0, 0.05) is 6.07 Å². The standard InChI is InChI=1S/C19H21NO7S/c1-13-4-7-15(8-5-13)28(23,24)20-11-19(22)27-12-17(21)16-9-6-14(25-2)10-18(16)26-3/h4-10,20H,11-12H2,1-3H3. The molecule has 150 valence electrons. The summed E-state index contributed by atoms with van der Waals surface area (Å²) in [5.41, 5.74) is 1.13. The summed E-state index contributed by atoms with van der Waals surface area (Å²) in [6.07, 6.45) is 0. The molecule has 0 spiro atoms. The second kappa shape index (κ2) is 9.34. The Morgan fingerprint density at radius 2 is 1.68 bits per heavy atom. The van der Waals surface area contributed by atoms with Crippen molar-refractivity contribution in [3.8, 4) is 11.5 Å².